The van der Waals surface area contributed by atoms with Crippen molar-refractivity contribution in [3.8, 4) is 0 Å². The van der Waals surface area contributed by atoms with Gasteiger partial charge in [0.15, 0.2) is 0 Å². The van der Waals surface area contributed by atoms with Gasteiger partial charge in [-0.1, -0.05) is 52.3 Å². The van der Waals surface area contributed by atoms with E-state index in [1.165, 1.54) is 5.39 Å². The molecule has 2 N–H and O–H groups in total. The highest BCUT2D eigenvalue weighted by Gasteiger charge is 2.11. The number of anilines is 1. The van der Waals surface area contributed by atoms with Crippen LogP contribution in [0.15, 0.2) is 71.5 Å². The zero-order chi connectivity index (χ0) is 18.6. The van der Waals surface area contributed by atoms with Gasteiger partial charge in [0.05, 0.1) is 12.7 Å². The lowest BCUT2D eigenvalue weighted by molar-refractivity contribution is -0.116. The van der Waals surface area contributed by atoms with E-state index in [0.717, 1.165) is 21.1 Å². The Balaban J connectivity index is 1.40. The van der Waals surface area contributed by atoms with Gasteiger partial charge in [-0.25, -0.2) is 4.68 Å². The molecule has 6 heteroatoms. The Morgan fingerprint density at radius 3 is 2.78 bits per heavy atom. The Hall–Kier alpha value is -2.86. The minimum absolute atomic E-state index is 0.0193. The number of fused-ring (bicyclic) bond motifs is 1. The van der Waals surface area contributed by atoms with Gasteiger partial charge in [-0.15, -0.1) is 0 Å². The smallest absolute Gasteiger partial charge is 0.225 e. The number of H-pyrrole nitrogens is 1. The third-order valence-corrected chi connectivity index (χ3v) is 5.33. The minimum atomic E-state index is -0.0193. The number of hydrogen-bond acceptors (Lipinski definition) is 2. The van der Waals surface area contributed by atoms with Gasteiger partial charge in [0, 0.05) is 34.1 Å². The first-order valence-corrected chi connectivity index (χ1v) is 9.60. The van der Waals surface area contributed by atoms with Crippen LogP contribution in [-0.2, 0) is 17.8 Å². The van der Waals surface area contributed by atoms with Crippen molar-refractivity contribution in [1.29, 1.82) is 0 Å². The molecular formula is C21H19BrN4O. The van der Waals surface area contributed by atoms with Gasteiger partial charge in [-0.3, -0.25) is 4.79 Å². The number of nitrogens with zero attached hydrogens (tertiary/aromatic N) is 2. The first-order chi connectivity index (χ1) is 13.2. The molecule has 0 saturated heterocycles. The number of aromatic nitrogens is 3. The molecule has 0 unspecified atom stereocenters. The van der Waals surface area contributed by atoms with Crippen LogP contribution in [0.2, 0.25) is 0 Å². The maximum atomic E-state index is 12.4. The van der Waals surface area contributed by atoms with Crippen molar-refractivity contribution in [3.05, 3.63) is 82.6 Å². The molecule has 4 rings (SSSR count). The lowest BCUT2D eigenvalue weighted by Gasteiger charge is -2.10. The summed E-state index contributed by atoms with van der Waals surface area (Å²) >= 11 is 3.55. The number of aromatic amines is 1. The van der Waals surface area contributed by atoms with Crippen LogP contribution < -0.4 is 5.32 Å². The standard InChI is InChI=1S/C21H19BrN4O/c22-18-7-3-1-5-16(18)14-26-20(11-12-24-26)25-21(27)10-9-15-13-23-19-8-4-2-6-17(15)19/h1-8,11-13,23H,9-10,14H2,(H,25,27). The predicted molar refractivity (Wildman–Crippen MR) is 111 cm³/mol. The summed E-state index contributed by atoms with van der Waals surface area (Å²) in [7, 11) is 0. The maximum absolute atomic E-state index is 12.4. The number of carbonyl (C=O) groups is 1. The summed E-state index contributed by atoms with van der Waals surface area (Å²) in [6.45, 7) is 0.590. The highest BCUT2D eigenvalue weighted by atomic mass is 79.9. The zero-order valence-corrected chi connectivity index (χ0v) is 16.2. The van der Waals surface area contributed by atoms with Crippen molar-refractivity contribution in [2.24, 2.45) is 0 Å². The fourth-order valence-electron chi connectivity index (χ4n) is 3.14. The van der Waals surface area contributed by atoms with Gasteiger partial charge in [-0.2, -0.15) is 5.10 Å². The first-order valence-electron chi connectivity index (χ1n) is 8.81. The van der Waals surface area contributed by atoms with E-state index in [1.54, 1.807) is 10.9 Å². The molecule has 136 valence electrons. The molecule has 27 heavy (non-hydrogen) atoms. The van der Waals surface area contributed by atoms with Gasteiger partial charge < -0.3 is 10.3 Å². The number of benzene rings is 2. The third-order valence-electron chi connectivity index (χ3n) is 4.56. The van der Waals surface area contributed by atoms with Crippen LogP contribution in [0.5, 0.6) is 0 Å². The van der Waals surface area contributed by atoms with Crippen LogP contribution >= 0.6 is 15.9 Å². The highest BCUT2D eigenvalue weighted by molar-refractivity contribution is 9.10. The van der Waals surface area contributed by atoms with E-state index in [2.05, 4.69) is 37.4 Å². The molecule has 2 aromatic heterocycles. The molecule has 0 aliphatic rings. The van der Waals surface area contributed by atoms with Crippen LogP contribution in [0.1, 0.15) is 17.5 Å². The molecule has 0 bridgehead atoms. The summed E-state index contributed by atoms with van der Waals surface area (Å²) in [6.07, 6.45) is 4.79. The summed E-state index contributed by atoms with van der Waals surface area (Å²) in [5.41, 5.74) is 3.36. The summed E-state index contributed by atoms with van der Waals surface area (Å²) < 4.78 is 2.82. The van der Waals surface area contributed by atoms with E-state index < -0.39 is 0 Å². The number of amides is 1. The number of para-hydroxylation sites is 1. The van der Waals surface area contributed by atoms with E-state index in [-0.39, 0.29) is 5.91 Å². The molecule has 0 aliphatic carbocycles. The maximum Gasteiger partial charge on any atom is 0.225 e. The third kappa shape index (κ3) is 3.95. The average molecular weight is 423 g/mol. The molecule has 1 amide bonds. The Labute approximate surface area is 165 Å². The summed E-state index contributed by atoms with van der Waals surface area (Å²) in [5.74, 6) is 0.684. The second-order valence-corrected chi connectivity index (χ2v) is 7.23. The molecule has 5 nitrogen and oxygen atoms in total. The van der Waals surface area contributed by atoms with Crippen molar-refractivity contribution in [2.45, 2.75) is 19.4 Å². The summed E-state index contributed by atoms with van der Waals surface area (Å²) in [5, 5.41) is 8.48. The van der Waals surface area contributed by atoms with Crippen molar-refractivity contribution >= 4 is 38.6 Å². The molecule has 0 spiro atoms. The lowest BCUT2D eigenvalue weighted by Crippen LogP contribution is -2.16. The Kier molecular flexibility index (Phi) is 5.07. The van der Waals surface area contributed by atoms with E-state index >= 15 is 0 Å². The Morgan fingerprint density at radius 1 is 1.07 bits per heavy atom. The number of hydrogen-bond donors (Lipinski definition) is 2. The van der Waals surface area contributed by atoms with Crippen LogP contribution in [0, 0.1) is 0 Å². The van der Waals surface area contributed by atoms with Crippen molar-refractivity contribution in [2.75, 3.05) is 5.32 Å². The van der Waals surface area contributed by atoms with Gasteiger partial charge in [0.1, 0.15) is 5.82 Å². The predicted octanol–water partition coefficient (Wildman–Crippen LogP) is 4.75. The number of halogens is 1. The molecule has 4 aromatic rings. The van der Waals surface area contributed by atoms with Crippen LogP contribution in [0.25, 0.3) is 10.9 Å². The lowest BCUT2D eigenvalue weighted by atomic mass is 10.1. The monoisotopic (exact) mass is 422 g/mol. The second-order valence-electron chi connectivity index (χ2n) is 6.37. The normalized spacial score (nSPS) is 11.0. The highest BCUT2D eigenvalue weighted by Crippen LogP contribution is 2.20. The Morgan fingerprint density at radius 2 is 1.89 bits per heavy atom. The van der Waals surface area contributed by atoms with Crippen molar-refractivity contribution in [3.63, 3.8) is 0 Å². The number of nitrogens with one attached hydrogen (secondary N) is 2. The second kappa shape index (κ2) is 7.80. The Bertz CT molecular complexity index is 1080. The van der Waals surface area contributed by atoms with Gasteiger partial charge in [0.2, 0.25) is 5.91 Å². The molecule has 0 aliphatic heterocycles. The fraction of sp³-hybridized carbons (Fsp3) is 0.143. The molecule has 0 radical (unpaired) electrons. The van der Waals surface area contributed by atoms with Gasteiger partial charge >= 0.3 is 0 Å². The largest absolute Gasteiger partial charge is 0.361 e. The van der Waals surface area contributed by atoms with Gasteiger partial charge in [-0.05, 0) is 29.7 Å². The van der Waals surface area contributed by atoms with Crippen LogP contribution in [0.3, 0.4) is 0 Å². The van der Waals surface area contributed by atoms with Crippen molar-refractivity contribution < 1.29 is 4.79 Å². The minimum Gasteiger partial charge on any atom is -0.361 e. The van der Waals surface area contributed by atoms with Crippen LogP contribution in [0.4, 0.5) is 5.82 Å². The van der Waals surface area contributed by atoms with Gasteiger partial charge in [0.25, 0.3) is 0 Å². The molecule has 2 aromatic carbocycles. The van der Waals surface area contributed by atoms with Crippen molar-refractivity contribution in [1.82, 2.24) is 14.8 Å². The van der Waals surface area contributed by atoms with E-state index in [0.29, 0.717) is 25.2 Å². The SMILES string of the molecule is O=C(CCc1c[nH]c2ccccc12)Nc1ccnn1Cc1ccccc1Br. The molecule has 0 atom stereocenters. The molecular weight excluding hydrogens is 404 g/mol. The average Bonchev–Trinajstić information content (AvgIpc) is 3.29. The molecule has 0 fully saturated rings. The summed E-state index contributed by atoms with van der Waals surface area (Å²) in [6, 6.07) is 18.0. The quantitative estimate of drug-likeness (QED) is 0.470. The zero-order valence-electron chi connectivity index (χ0n) is 14.7. The number of carbonyl (C=O) groups excluding carboxylic acids is 1. The molecule has 2 heterocycles. The number of aryl methyl sites for hydroxylation is 1. The van der Waals surface area contributed by atoms with Crippen LogP contribution in [-0.4, -0.2) is 20.7 Å². The fourth-order valence-corrected chi connectivity index (χ4v) is 3.55. The number of rotatable bonds is 6. The van der Waals surface area contributed by atoms with E-state index in [4.69, 9.17) is 0 Å². The summed E-state index contributed by atoms with van der Waals surface area (Å²) in [4.78, 5) is 15.7. The van der Waals surface area contributed by atoms with E-state index in [1.807, 2.05) is 54.7 Å². The first kappa shape index (κ1) is 17.5. The molecule has 0 saturated carbocycles. The topological polar surface area (TPSA) is 62.7 Å². The van der Waals surface area contributed by atoms with E-state index in [9.17, 15) is 4.79 Å².